The summed E-state index contributed by atoms with van der Waals surface area (Å²) in [4.78, 5) is 11.6. The summed E-state index contributed by atoms with van der Waals surface area (Å²) in [5.41, 5.74) is 2.73. The highest BCUT2D eigenvalue weighted by atomic mass is 16.5. The van der Waals surface area contributed by atoms with Gasteiger partial charge in [-0.25, -0.2) is 0 Å². The number of benzene rings is 1. The maximum absolute atomic E-state index is 11.6. The Kier molecular flexibility index (Phi) is 4.37. The van der Waals surface area contributed by atoms with Crippen molar-refractivity contribution in [2.24, 2.45) is 0 Å². The Balaban J connectivity index is 2.05. The van der Waals surface area contributed by atoms with Crippen LogP contribution in [-0.2, 0) is 16.0 Å². The highest BCUT2D eigenvalue weighted by molar-refractivity contribution is 5.75. The van der Waals surface area contributed by atoms with Crippen molar-refractivity contribution in [1.29, 1.82) is 0 Å². The first-order valence-electron chi connectivity index (χ1n) is 6.73. The SMILES string of the molecule is CCOC(=O)C(C)NC1CCCc2ccccc21. The molecule has 0 heterocycles. The largest absolute Gasteiger partial charge is 0.465 e. The molecule has 0 saturated carbocycles. The monoisotopic (exact) mass is 247 g/mol. The quantitative estimate of drug-likeness (QED) is 0.831. The molecule has 0 bridgehead atoms. The number of carbonyl (C=O) groups excluding carboxylic acids is 1. The maximum Gasteiger partial charge on any atom is 0.322 e. The van der Waals surface area contributed by atoms with E-state index in [-0.39, 0.29) is 18.1 Å². The number of carbonyl (C=O) groups is 1. The number of aryl methyl sites for hydroxylation is 1. The van der Waals surface area contributed by atoms with E-state index in [0.717, 1.165) is 12.8 Å². The molecule has 1 aliphatic carbocycles. The van der Waals surface area contributed by atoms with E-state index >= 15 is 0 Å². The predicted octanol–water partition coefficient (Wildman–Crippen LogP) is 2.61. The Bertz CT molecular complexity index is 417. The summed E-state index contributed by atoms with van der Waals surface area (Å²) in [6.45, 7) is 4.14. The van der Waals surface area contributed by atoms with Gasteiger partial charge in [-0.1, -0.05) is 24.3 Å². The zero-order valence-electron chi connectivity index (χ0n) is 11.1. The third kappa shape index (κ3) is 2.91. The van der Waals surface area contributed by atoms with Gasteiger partial charge in [-0.2, -0.15) is 0 Å². The van der Waals surface area contributed by atoms with Gasteiger partial charge in [0.2, 0.25) is 0 Å². The number of ether oxygens (including phenoxy) is 1. The summed E-state index contributed by atoms with van der Waals surface area (Å²) < 4.78 is 5.03. The smallest absolute Gasteiger partial charge is 0.322 e. The van der Waals surface area contributed by atoms with Gasteiger partial charge in [-0.15, -0.1) is 0 Å². The second kappa shape index (κ2) is 6.01. The number of esters is 1. The molecule has 2 rings (SSSR count). The summed E-state index contributed by atoms with van der Waals surface area (Å²) >= 11 is 0. The van der Waals surface area contributed by atoms with Gasteiger partial charge in [0, 0.05) is 6.04 Å². The van der Waals surface area contributed by atoms with Crippen molar-refractivity contribution in [3.05, 3.63) is 35.4 Å². The van der Waals surface area contributed by atoms with Crippen LogP contribution in [0.25, 0.3) is 0 Å². The second-order valence-corrected chi connectivity index (χ2v) is 4.78. The number of hydrogen-bond donors (Lipinski definition) is 1. The molecular formula is C15H21NO2. The fourth-order valence-electron chi connectivity index (χ4n) is 2.56. The van der Waals surface area contributed by atoms with Gasteiger partial charge >= 0.3 is 5.97 Å². The highest BCUT2D eigenvalue weighted by Gasteiger charge is 2.23. The molecule has 3 heteroatoms. The van der Waals surface area contributed by atoms with Crippen LogP contribution in [0.5, 0.6) is 0 Å². The van der Waals surface area contributed by atoms with Gasteiger partial charge in [-0.3, -0.25) is 10.1 Å². The highest BCUT2D eigenvalue weighted by Crippen LogP contribution is 2.29. The Labute approximate surface area is 109 Å². The van der Waals surface area contributed by atoms with Gasteiger partial charge in [0.1, 0.15) is 6.04 Å². The minimum absolute atomic E-state index is 0.166. The van der Waals surface area contributed by atoms with Crippen LogP contribution >= 0.6 is 0 Å². The summed E-state index contributed by atoms with van der Waals surface area (Å²) in [6.07, 6.45) is 3.40. The lowest BCUT2D eigenvalue weighted by molar-refractivity contribution is -0.145. The molecule has 0 amide bonds. The van der Waals surface area contributed by atoms with Crippen LogP contribution in [0.4, 0.5) is 0 Å². The molecule has 98 valence electrons. The van der Waals surface area contributed by atoms with Crippen LogP contribution < -0.4 is 5.32 Å². The molecule has 2 atom stereocenters. The summed E-state index contributed by atoms with van der Waals surface area (Å²) in [6, 6.07) is 8.50. The number of fused-ring (bicyclic) bond motifs is 1. The Morgan fingerprint density at radius 3 is 3.06 bits per heavy atom. The summed E-state index contributed by atoms with van der Waals surface area (Å²) in [5.74, 6) is -0.166. The molecule has 3 nitrogen and oxygen atoms in total. The number of hydrogen-bond acceptors (Lipinski definition) is 3. The van der Waals surface area contributed by atoms with Crippen molar-refractivity contribution in [3.63, 3.8) is 0 Å². The Hall–Kier alpha value is -1.35. The Morgan fingerprint density at radius 1 is 1.50 bits per heavy atom. The molecule has 1 aromatic carbocycles. The van der Waals surface area contributed by atoms with E-state index in [1.165, 1.54) is 17.5 Å². The topological polar surface area (TPSA) is 38.3 Å². The van der Waals surface area contributed by atoms with E-state index in [2.05, 4.69) is 29.6 Å². The normalized spacial score (nSPS) is 20.0. The molecule has 1 aliphatic rings. The van der Waals surface area contributed by atoms with E-state index in [1.807, 2.05) is 13.8 Å². The fourth-order valence-corrected chi connectivity index (χ4v) is 2.56. The molecule has 0 radical (unpaired) electrons. The van der Waals surface area contributed by atoms with Crippen LogP contribution in [-0.4, -0.2) is 18.6 Å². The molecule has 2 unspecified atom stereocenters. The summed E-state index contributed by atoms with van der Waals surface area (Å²) in [5, 5.41) is 3.39. The van der Waals surface area contributed by atoms with Crippen molar-refractivity contribution in [2.75, 3.05) is 6.61 Å². The standard InChI is InChI=1S/C15H21NO2/c1-3-18-15(17)11(2)16-14-10-6-8-12-7-4-5-9-13(12)14/h4-5,7,9,11,14,16H,3,6,8,10H2,1-2H3. The molecule has 0 fully saturated rings. The first kappa shape index (κ1) is 13.1. The van der Waals surface area contributed by atoms with Gasteiger partial charge in [0.25, 0.3) is 0 Å². The first-order chi connectivity index (χ1) is 8.72. The zero-order valence-corrected chi connectivity index (χ0v) is 11.1. The maximum atomic E-state index is 11.6. The molecule has 18 heavy (non-hydrogen) atoms. The minimum atomic E-state index is -0.249. The van der Waals surface area contributed by atoms with Crippen LogP contribution in [0.15, 0.2) is 24.3 Å². The average Bonchev–Trinajstić information content (AvgIpc) is 2.39. The van der Waals surface area contributed by atoms with Crippen LogP contribution in [0, 0.1) is 0 Å². The van der Waals surface area contributed by atoms with E-state index in [0.29, 0.717) is 6.61 Å². The van der Waals surface area contributed by atoms with Crippen molar-refractivity contribution < 1.29 is 9.53 Å². The zero-order chi connectivity index (χ0) is 13.0. The van der Waals surface area contributed by atoms with Crippen molar-refractivity contribution in [1.82, 2.24) is 5.32 Å². The molecule has 0 aliphatic heterocycles. The van der Waals surface area contributed by atoms with Crippen LogP contribution in [0.2, 0.25) is 0 Å². The van der Waals surface area contributed by atoms with Gasteiger partial charge in [0.05, 0.1) is 6.61 Å². The Morgan fingerprint density at radius 2 is 2.28 bits per heavy atom. The van der Waals surface area contributed by atoms with Crippen molar-refractivity contribution >= 4 is 5.97 Å². The number of nitrogens with one attached hydrogen (secondary N) is 1. The van der Waals surface area contributed by atoms with E-state index in [1.54, 1.807) is 0 Å². The third-order valence-electron chi connectivity index (χ3n) is 3.46. The fraction of sp³-hybridized carbons (Fsp3) is 0.533. The lowest BCUT2D eigenvalue weighted by atomic mass is 9.87. The second-order valence-electron chi connectivity index (χ2n) is 4.78. The molecule has 0 saturated heterocycles. The summed E-state index contributed by atoms with van der Waals surface area (Å²) in [7, 11) is 0. The molecule has 0 aromatic heterocycles. The van der Waals surface area contributed by atoms with Crippen molar-refractivity contribution in [3.8, 4) is 0 Å². The van der Waals surface area contributed by atoms with Gasteiger partial charge < -0.3 is 4.74 Å². The lowest BCUT2D eigenvalue weighted by Gasteiger charge is -2.28. The lowest BCUT2D eigenvalue weighted by Crippen LogP contribution is -2.39. The minimum Gasteiger partial charge on any atom is -0.465 e. The van der Waals surface area contributed by atoms with E-state index in [4.69, 9.17) is 4.74 Å². The van der Waals surface area contributed by atoms with E-state index < -0.39 is 0 Å². The van der Waals surface area contributed by atoms with Gasteiger partial charge in [0.15, 0.2) is 0 Å². The van der Waals surface area contributed by atoms with Gasteiger partial charge in [-0.05, 0) is 44.2 Å². The van der Waals surface area contributed by atoms with Crippen molar-refractivity contribution in [2.45, 2.75) is 45.2 Å². The van der Waals surface area contributed by atoms with Crippen LogP contribution in [0.1, 0.15) is 43.9 Å². The molecule has 1 aromatic rings. The predicted molar refractivity (Wildman–Crippen MR) is 71.4 cm³/mol. The molecular weight excluding hydrogens is 226 g/mol. The first-order valence-corrected chi connectivity index (χ1v) is 6.73. The van der Waals surface area contributed by atoms with Crippen LogP contribution in [0.3, 0.4) is 0 Å². The molecule has 0 spiro atoms. The third-order valence-corrected chi connectivity index (χ3v) is 3.46. The molecule has 1 N–H and O–H groups in total. The van der Waals surface area contributed by atoms with E-state index in [9.17, 15) is 4.79 Å². The number of rotatable bonds is 4. The average molecular weight is 247 g/mol.